The molecule has 1 amide bonds. The minimum Gasteiger partial charge on any atom is -0.359 e. The zero-order valence-electron chi connectivity index (χ0n) is 11.3. The number of carbonyl (C=O) groups is 1. The second-order valence-electron chi connectivity index (χ2n) is 5.05. The molecule has 0 spiro atoms. The van der Waals surface area contributed by atoms with Crippen LogP contribution < -0.4 is 10.6 Å². The maximum absolute atomic E-state index is 12.2. The first-order chi connectivity index (χ1) is 9.99. The highest BCUT2D eigenvalue weighted by atomic mass is 16.6. The Kier molecular flexibility index (Phi) is 2.86. The van der Waals surface area contributed by atoms with Crippen molar-refractivity contribution in [1.82, 2.24) is 5.32 Å². The van der Waals surface area contributed by atoms with Crippen molar-refractivity contribution in [2.24, 2.45) is 0 Å². The first kappa shape index (κ1) is 13.1. The highest BCUT2D eigenvalue weighted by molar-refractivity contribution is 6.02. The molecule has 1 unspecified atom stereocenters. The van der Waals surface area contributed by atoms with Crippen LogP contribution in [0, 0.1) is 10.1 Å². The molecule has 2 N–H and O–H groups in total. The van der Waals surface area contributed by atoms with Crippen LogP contribution in [0.4, 0.5) is 11.4 Å². The van der Waals surface area contributed by atoms with E-state index in [2.05, 4.69) is 10.6 Å². The number of non-ortho nitro benzene ring substituents is 1. The van der Waals surface area contributed by atoms with E-state index in [-0.39, 0.29) is 11.6 Å². The summed E-state index contributed by atoms with van der Waals surface area (Å²) in [5.74, 6) is -0.176. The molecule has 21 heavy (non-hydrogen) atoms. The summed E-state index contributed by atoms with van der Waals surface area (Å²) in [4.78, 5) is 22.4. The molecule has 3 rings (SSSR count). The molecular weight excluding hydrogens is 270 g/mol. The van der Waals surface area contributed by atoms with E-state index in [0.717, 1.165) is 11.3 Å². The van der Waals surface area contributed by atoms with Crippen LogP contribution in [0.25, 0.3) is 0 Å². The highest BCUT2D eigenvalue weighted by Gasteiger charge is 2.34. The van der Waals surface area contributed by atoms with Crippen LogP contribution in [0.15, 0.2) is 48.5 Å². The molecule has 0 saturated carbocycles. The molecule has 106 valence electrons. The van der Waals surface area contributed by atoms with Gasteiger partial charge in [-0.3, -0.25) is 14.9 Å². The number of rotatable bonds is 2. The number of para-hydroxylation sites is 1. The number of benzene rings is 2. The van der Waals surface area contributed by atoms with E-state index in [1.165, 1.54) is 12.1 Å². The maximum atomic E-state index is 12.2. The molecule has 1 aliphatic heterocycles. The molecule has 1 aliphatic rings. The van der Waals surface area contributed by atoms with E-state index >= 15 is 0 Å². The van der Waals surface area contributed by atoms with Crippen LogP contribution in [0.2, 0.25) is 0 Å². The lowest BCUT2D eigenvalue weighted by Gasteiger charge is -2.37. The van der Waals surface area contributed by atoms with Gasteiger partial charge < -0.3 is 10.6 Å². The van der Waals surface area contributed by atoms with Gasteiger partial charge in [-0.15, -0.1) is 0 Å². The van der Waals surface area contributed by atoms with Gasteiger partial charge in [-0.2, -0.15) is 0 Å². The van der Waals surface area contributed by atoms with Gasteiger partial charge >= 0.3 is 0 Å². The third-order valence-electron chi connectivity index (χ3n) is 3.58. The lowest BCUT2D eigenvalue weighted by Crippen LogP contribution is -2.52. The molecule has 0 aliphatic carbocycles. The summed E-state index contributed by atoms with van der Waals surface area (Å²) in [6, 6.07) is 13.3. The third kappa shape index (κ3) is 2.20. The highest BCUT2D eigenvalue weighted by Crippen LogP contribution is 2.31. The van der Waals surface area contributed by atoms with E-state index in [9.17, 15) is 14.9 Å². The quantitative estimate of drug-likeness (QED) is 0.655. The SMILES string of the molecule is CC1(c2ccc([N+](=O)[O-])cc2)NC(=O)c2ccccc2N1. The minimum absolute atomic E-state index is 0.0184. The number of hydrogen-bond acceptors (Lipinski definition) is 4. The average Bonchev–Trinajstić information content (AvgIpc) is 2.47. The molecular formula is C15H13N3O3. The Morgan fingerprint density at radius 2 is 1.71 bits per heavy atom. The van der Waals surface area contributed by atoms with Crippen molar-refractivity contribution in [3.8, 4) is 0 Å². The predicted molar refractivity (Wildman–Crippen MR) is 78.0 cm³/mol. The van der Waals surface area contributed by atoms with Crippen molar-refractivity contribution in [3.05, 3.63) is 69.8 Å². The fraction of sp³-hybridized carbons (Fsp3) is 0.133. The monoisotopic (exact) mass is 283 g/mol. The zero-order chi connectivity index (χ0) is 15.0. The number of nitrogens with zero attached hydrogens (tertiary/aromatic N) is 1. The Hall–Kier alpha value is -2.89. The van der Waals surface area contributed by atoms with Gasteiger partial charge in [0.1, 0.15) is 5.66 Å². The number of fused-ring (bicyclic) bond motifs is 1. The van der Waals surface area contributed by atoms with Crippen molar-refractivity contribution in [2.75, 3.05) is 5.32 Å². The summed E-state index contributed by atoms with van der Waals surface area (Å²) in [6.45, 7) is 1.82. The molecule has 6 nitrogen and oxygen atoms in total. The van der Waals surface area contributed by atoms with E-state index in [1.54, 1.807) is 24.3 Å². The summed E-state index contributed by atoms with van der Waals surface area (Å²) in [5.41, 5.74) is 1.28. The van der Waals surface area contributed by atoms with E-state index in [4.69, 9.17) is 0 Å². The molecule has 0 aromatic heterocycles. The van der Waals surface area contributed by atoms with E-state index in [1.807, 2.05) is 19.1 Å². The predicted octanol–water partition coefficient (Wildman–Crippen LogP) is 2.62. The Bertz CT molecular complexity index is 727. The number of nitro benzene ring substituents is 1. The number of carbonyl (C=O) groups excluding carboxylic acids is 1. The first-order valence-electron chi connectivity index (χ1n) is 6.44. The van der Waals surface area contributed by atoms with Crippen LogP contribution in [0.3, 0.4) is 0 Å². The van der Waals surface area contributed by atoms with Gasteiger partial charge in [-0.1, -0.05) is 12.1 Å². The number of nitro groups is 1. The van der Waals surface area contributed by atoms with Gasteiger partial charge in [0.2, 0.25) is 0 Å². The molecule has 1 atom stereocenters. The molecule has 2 aromatic carbocycles. The Labute approximate surface area is 120 Å². The van der Waals surface area contributed by atoms with Crippen molar-refractivity contribution in [3.63, 3.8) is 0 Å². The molecule has 2 aromatic rings. The molecule has 1 heterocycles. The van der Waals surface area contributed by atoms with Crippen LogP contribution in [-0.2, 0) is 5.66 Å². The molecule has 0 fully saturated rings. The van der Waals surface area contributed by atoms with Gasteiger partial charge in [-0.05, 0) is 36.8 Å². The van der Waals surface area contributed by atoms with Crippen LogP contribution >= 0.6 is 0 Å². The fourth-order valence-electron chi connectivity index (χ4n) is 2.45. The van der Waals surface area contributed by atoms with Crippen LogP contribution in [0.1, 0.15) is 22.8 Å². The largest absolute Gasteiger partial charge is 0.359 e. The second-order valence-corrected chi connectivity index (χ2v) is 5.05. The fourth-order valence-corrected chi connectivity index (χ4v) is 2.45. The zero-order valence-corrected chi connectivity index (χ0v) is 11.3. The summed E-state index contributed by atoms with van der Waals surface area (Å²) in [7, 11) is 0. The number of nitrogens with one attached hydrogen (secondary N) is 2. The lowest BCUT2D eigenvalue weighted by atomic mass is 9.96. The van der Waals surface area contributed by atoms with Crippen molar-refractivity contribution >= 4 is 17.3 Å². The Balaban J connectivity index is 1.99. The van der Waals surface area contributed by atoms with Crippen molar-refractivity contribution in [2.45, 2.75) is 12.6 Å². The summed E-state index contributed by atoms with van der Waals surface area (Å²) < 4.78 is 0. The van der Waals surface area contributed by atoms with Crippen molar-refractivity contribution < 1.29 is 9.72 Å². The van der Waals surface area contributed by atoms with Gasteiger partial charge in [0.15, 0.2) is 0 Å². The molecule has 0 saturated heterocycles. The number of anilines is 1. The van der Waals surface area contributed by atoms with Gasteiger partial charge in [0, 0.05) is 17.8 Å². The number of amides is 1. The van der Waals surface area contributed by atoms with Crippen molar-refractivity contribution in [1.29, 1.82) is 0 Å². The Morgan fingerprint density at radius 1 is 1.05 bits per heavy atom. The van der Waals surface area contributed by atoms with Gasteiger partial charge in [-0.25, -0.2) is 0 Å². The smallest absolute Gasteiger partial charge is 0.269 e. The van der Waals surface area contributed by atoms with Crippen LogP contribution in [-0.4, -0.2) is 10.8 Å². The molecule has 6 heteroatoms. The van der Waals surface area contributed by atoms with E-state index in [0.29, 0.717) is 5.56 Å². The van der Waals surface area contributed by atoms with Gasteiger partial charge in [0.25, 0.3) is 11.6 Å². The lowest BCUT2D eigenvalue weighted by molar-refractivity contribution is -0.384. The van der Waals surface area contributed by atoms with E-state index < -0.39 is 10.6 Å². The topological polar surface area (TPSA) is 84.3 Å². The maximum Gasteiger partial charge on any atom is 0.269 e. The summed E-state index contributed by atoms with van der Waals surface area (Å²) in [6.07, 6.45) is 0. The standard InChI is InChI=1S/C15H13N3O3/c1-15(10-6-8-11(9-7-10)18(20)21)16-13-5-3-2-4-12(13)14(19)17-15/h2-9,16H,1H3,(H,17,19). The normalized spacial score (nSPS) is 20.1. The number of hydrogen-bond donors (Lipinski definition) is 2. The Morgan fingerprint density at radius 3 is 2.38 bits per heavy atom. The summed E-state index contributed by atoms with van der Waals surface area (Å²) >= 11 is 0. The average molecular weight is 283 g/mol. The first-order valence-corrected chi connectivity index (χ1v) is 6.44. The van der Waals surface area contributed by atoms with Gasteiger partial charge in [0.05, 0.1) is 10.5 Å². The minimum atomic E-state index is -0.805. The molecule has 0 bridgehead atoms. The second kappa shape index (κ2) is 4.59. The summed E-state index contributed by atoms with van der Waals surface area (Å²) in [5, 5.41) is 16.9. The third-order valence-corrected chi connectivity index (χ3v) is 3.58. The molecule has 0 radical (unpaired) electrons. The van der Waals surface area contributed by atoms with Crippen LogP contribution in [0.5, 0.6) is 0 Å².